The van der Waals surface area contributed by atoms with Crippen LogP contribution in [0.2, 0.25) is 15.1 Å². The van der Waals surface area contributed by atoms with E-state index in [2.05, 4.69) is 0 Å². The minimum absolute atomic E-state index is 0.0231. The summed E-state index contributed by atoms with van der Waals surface area (Å²) < 4.78 is 13.3. The third kappa shape index (κ3) is 4.38. The smallest absolute Gasteiger partial charge is 0.223 e. The van der Waals surface area contributed by atoms with Gasteiger partial charge in [0.15, 0.2) is 13.6 Å². The second-order valence-electron chi connectivity index (χ2n) is 7.40. The molecule has 0 saturated carbocycles. The molecule has 0 spiro atoms. The molecule has 3 aromatic carbocycles. The highest BCUT2D eigenvalue weighted by atomic mass is 35.5. The van der Waals surface area contributed by atoms with E-state index in [1.807, 2.05) is 26.8 Å². The maximum absolute atomic E-state index is 13.3. The van der Waals surface area contributed by atoms with E-state index in [9.17, 15) is 14.2 Å². The van der Waals surface area contributed by atoms with Crippen molar-refractivity contribution in [3.05, 3.63) is 96.5 Å². The van der Waals surface area contributed by atoms with Crippen molar-refractivity contribution in [1.82, 2.24) is 0 Å². The zero-order valence-corrected chi connectivity index (χ0v) is 20.7. The van der Waals surface area contributed by atoms with Crippen LogP contribution in [0.3, 0.4) is 0 Å². The molecule has 3 nitrogen and oxygen atoms in total. The van der Waals surface area contributed by atoms with E-state index in [1.165, 1.54) is 6.07 Å². The Bertz CT molecular complexity index is 1250. The summed E-state index contributed by atoms with van der Waals surface area (Å²) in [5.74, 6) is -0.368. The summed E-state index contributed by atoms with van der Waals surface area (Å²) >= 11 is 19.2. The molecule has 0 bridgehead atoms. The highest BCUT2D eigenvalue weighted by Crippen LogP contribution is 2.40. The Kier molecular flexibility index (Phi) is 7.13. The summed E-state index contributed by atoms with van der Waals surface area (Å²) in [6.45, 7) is 7.51. The lowest BCUT2D eigenvalue weighted by atomic mass is 9.95. The van der Waals surface area contributed by atoms with Crippen LogP contribution in [0.4, 0.5) is 0 Å². The number of hydrogen-bond donors (Lipinski definition) is 0. The molecule has 7 heteroatoms. The predicted octanol–water partition coefficient (Wildman–Crippen LogP) is 7.14. The molecule has 1 atom stereocenters. The Labute approximate surface area is 197 Å². The van der Waals surface area contributed by atoms with Gasteiger partial charge in [-0.15, -0.1) is 0 Å². The monoisotopic (exact) mass is 492 g/mol. The van der Waals surface area contributed by atoms with Crippen molar-refractivity contribution in [2.45, 2.75) is 27.7 Å². The summed E-state index contributed by atoms with van der Waals surface area (Å²) in [5.41, 5.74) is 3.89. The lowest BCUT2D eigenvalue weighted by molar-refractivity contribution is 0.103. The maximum atomic E-state index is 13.3. The van der Waals surface area contributed by atoms with Gasteiger partial charge in [-0.2, -0.15) is 0 Å². The molecule has 160 valence electrons. The first-order valence-corrected chi connectivity index (χ1v) is 12.0. The number of carbonyl (C=O) groups is 2. The zero-order chi connectivity index (χ0) is 23.0. The van der Waals surface area contributed by atoms with E-state index in [-0.39, 0.29) is 31.7 Å². The van der Waals surface area contributed by atoms with Crippen molar-refractivity contribution in [3.8, 4) is 0 Å². The van der Waals surface area contributed by atoms with Crippen molar-refractivity contribution in [2.75, 3.05) is 0 Å². The first-order valence-electron chi connectivity index (χ1n) is 9.49. The van der Waals surface area contributed by atoms with Crippen LogP contribution in [-0.2, 0) is 4.57 Å². The molecule has 3 rings (SSSR count). The van der Waals surface area contributed by atoms with Crippen molar-refractivity contribution in [3.63, 3.8) is 0 Å². The Morgan fingerprint density at radius 3 is 2.03 bits per heavy atom. The zero-order valence-electron chi connectivity index (χ0n) is 17.4. The largest absolute Gasteiger partial charge is 0.313 e. The minimum atomic E-state index is -3.11. The first kappa shape index (κ1) is 23.8. The Hall–Kier alpha value is -1.90. The molecule has 0 heterocycles. The number of rotatable bonds is 5. The van der Waals surface area contributed by atoms with Crippen LogP contribution in [0.5, 0.6) is 0 Å². The van der Waals surface area contributed by atoms with Crippen LogP contribution >= 0.6 is 42.6 Å². The van der Waals surface area contributed by atoms with Gasteiger partial charge in [-0.3, -0.25) is 9.59 Å². The van der Waals surface area contributed by atoms with Crippen LogP contribution in [0.15, 0.2) is 42.5 Å². The van der Waals surface area contributed by atoms with Gasteiger partial charge in [0.05, 0.1) is 20.4 Å². The highest BCUT2D eigenvalue weighted by Gasteiger charge is 2.28. The van der Waals surface area contributed by atoms with Gasteiger partial charge in [-0.05, 0) is 56.0 Å². The van der Waals surface area contributed by atoms with Gasteiger partial charge in [0, 0.05) is 16.7 Å². The van der Waals surface area contributed by atoms with Crippen LogP contribution in [0.1, 0.15) is 48.5 Å². The summed E-state index contributed by atoms with van der Waals surface area (Å²) in [7, 11) is -3.11. The van der Waals surface area contributed by atoms with Gasteiger partial charge >= 0.3 is 0 Å². The van der Waals surface area contributed by atoms with E-state index in [1.54, 1.807) is 37.3 Å². The minimum Gasteiger partial charge on any atom is -0.313 e. The van der Waals surface area contributed by atoms with Gasteiger partial charge in [0.25, 0.3) is 0 Å². The van der Waals surface area contributed by atoms with Crippen molar-refractivity contribution in [1.29, 1.82) is 0 Å². The molecule has 31 heavy (non-hydrogen) atoms. The summed E-state index contributed by atoms with van der Waals surface area (Å²) in [6.07, 6.45) is 0. The third-order valence-electron chi connectivity index (χ3n) is 5.46. The van der Waals surface area contributed by atoms with Gasteiger partial charge in [-0.1, -0.05) is 71.2 Å². The molecule has 0 N–H and O–H groups in total. The van der Waals surface area contributed by atoms with E-state index in [0.29, 0.717) is 11.1 Å². The second kappa shape index (κ2) is 9.30. The molecule has 0 aliphatic heterocycles. The molecule has 0 amide bonds. The average molecular weight is 494 g/mol. The molecule has 0 aliphatic rings. The van der Waals surface area contributed by atoms with Crippen LogP contribution < -0.4 is 5.30 Å². The topological polar surface area (TPSA) is 51.2 Å². The van der Waals surface area contributed by atoms with Crippen LogP contribution in [0, 0.1) is 27.7 Å². The summed E-state index contributed by atoms with van der Waals surface area (Å²) in [4.78, 5) is 26.0. The Morgan fingerprint density at radius 1 is 0.806 bits per heavy atom. The van der Waals surface area contributed by atoms with Crippen molar-refractivity contribution >= 4 is 59.2 Å². The quantitative estimate of drug-likeness (QED) is 0.216. The maximum Gasteiger partial charge on any atom is 0.223 e. The van der Waals surface area contributed by atoms with Gasteiger partial charge in [-0.25, -0.2) is 0 Å². The molecule has 0 aliphatic carbocycles. The number of ketones is 1. The van der Waals surface area contributed by atoms with Crippen molar-refractivity contribution < 1.29 is 14.2 Å². The fourth-order valence-corrected chi connectivity index (χ4v) is 6.31. The number of carbonyl (C=O) groups excluding carboxylic acids is 2. The average Bonchev–Trinajstić information content (AvgIpc) is 2.74. The van der Waals surface area contributed by atoms with Crippen LogP contribution in [0.25, 0.3) is 0 Å². The van der Waals surface area contributed by atoms with E-state index in [4.69, 9.17) is 34.8 Å². The van der Waals surface area contributed by atoms with Gasteiger partial charge < -0.3 is 4.57 Å². The third-order valence-corrected chi connectivity index (χ3v) is 8.57. The van der Waals surface area contributed by atoms with Crippen LogP contribution in [-0.4, -0.2) is 11.3 Å². The SMILES string of the molecule is Cc1cc(C)c(C(=O)[PH](=O)c2c(Cl)cc(C(=O)c3ccccc3)c(Cl)c2Cl)c(C)c1C. The Morgan fingerprint density at radius 2 is 1.42 bits per heavy atom. The van der Waals surface area contributed by atoms with E-state index < -0.39 is 13.3 Å². The standard InChI is InChI=1S/C24H20Cl3O3P/c1-12-10-13(2)19(15(4)14(12)3)24(29)31(30)23-18(25)11-17(20(26)21(23)27)22(28)16-8-6-5-7-9-16/h5-11,31H,1-4H3. The fourth-order valence-electron chi connectivity index (χ4n) is 3.57. The molecule has 0 radical (unpaired) electrons. The lowest BCUT2D eigenvalue weighted by Crippen LogP contribution is -2.13. The Balaban J connectivity index is 2.10. The predicted molar refractivity (Wildman–Crippen MR) is 130 cm³/mol. The van der Waals surface area contributed by atoms with Gasteiger partial charge in [0.1, 0.15) is 0 Å². The lowest BCUT2D eigenvalue weighted by Gasteiger charge is -2.16. The number of halogens is 3. The van der Waals surface area contributed by atoms with E-state index >= 15 is 0 Å². The summed E-state index contributed by atoms with van der Waals surface area (Å²) in [5, 5.41) is -0.255. The van der Waals surface area contributed by atoms with E-state index in [0.717, 1.165) is 22.3 Å². The first-order chi connectivity index (χ1) is 14.6. The molecular formula is C24H20Cl3O3P. The van der Waals surface area contributed by atoms with Gasteiger partial charge in [0.2, 0.25) is 5.52 Å². The fraction of sp³-hybridized carbons (Fsp3) is 0.167. The molecule has 3 aromatic rings. The number of aryl methyl sites for hydroxylation is 2. The molecule has 0 aromatic heterocycles. The second-order valence-corrected chi connectivity index (χ2v) is 10.2. The molecular weight excluding hydrogens is 474 g/mol. The highest BCUT2D eigenvalue weighted by molar-refractivity contribution is 7.72. The molecule has 1 unspecified atom stereocenters. The number of benzene rings is 3. The normalized spacial score (nSPS) is 12.0. The van der Waals surface area contributed by atoms with Crippen molar-refractivity contribution in [2.24, 2.45) is 0 Å². The number of hydrogen-bond acceptors (Lipinski definition) is 3. The molecule has 0 fully saturated rings. The summed E-state index contributed by atoms with van der Waals surface area (Å²) in [6, 6.07) is 11.8. The molecule has 0 saturated heterocycles.